The summed E-state index contributed by atoms with van der Waals surface area (Å²) in [5.74, 6) is 2.33. The summed E-state index contributed by atoms with van der Waals surface area (Å²) in [5.41, 5.74) is 1.43. The van der Waals surface area contributed by atoms with Gasteiger partial charge in [-0.25, -0.2) is 4.79 Å². The van der Waals surface area contributed by atoms with Crippen LogP contribution in [0.15, 0.2) is 24.3 Å². The number of aromatic nitrogens is 2. The molecule has 2 aromatic rings. The number of hydrogen-bond donors (Lipinski definition) is 2. The Labute approximate surface area is 179 Å². The van der Waals surface area contributed by atoms with Gasteiger partial charge in [0.05, 0.1) is 0 Å². The van der Waals surface area contributed by atoms with Crippen molar-refractivity contribution < 1.29 is 9.59 Å². The van der Waals surface area contributed by atoms with Crippen molar-refractivity contribution in [3.63, 3.8) is 0 Å². The first-order valence-corrected chi connectivity index (χ1v) is 11.7. The zero-order chi connectivity index (χ0) is 20.3. The Balaban J connectivity index is 1.19. The van der Waals surface area contributed by atoms with E-state index in [9.17, 15) is 9.59 Å². The molecule has 1 saturated heterocycles. The zero-order valence-corrected chi connectivity index (χ0v) is 17.6. The molecule has 4 bridgehead atoms. The largest absolute Gasteiger partial charge is 0.336 e. The number of nitrogens with zero attached hydrogens (tertiary/aromatic N) is 3. The van der Waals surface area contributed by atoms with E-state index < -0.39 is 0 Å². The molecule has 7 rings (SSSR count). The summed E-state index contributed by atoms with van der Waals surface area (Å²) < 4.78 is 0. The third kappa shape index (κ3) is 3.00. The molecule has 5 fully saturated rings. The highest BCUT2D eigenvalue weighted by Gasteiger charge is 2.53. The molecule has 1 aliphatic heterocycles. The van der Waals surface area contributed by atoms with Gasteiger partial charge in [0.25, 0.3) is 5.91 Å². The number of carbonyl (C=O) groups is 2. The van der Waals surface area contributed by atoms with Crippen molar-refractivity contribution in [1.29, 1.82) is 0 Å². The summed E-state index contributed by atoms with van der Waals surface area (Å²) in [6.45, 7) is 1.22. The van der Waals surface area contributed by atoms with Crippen LogP contribution in [0, 0.1) is 17.8 Å². The second-order valence-corrected chi connectivity index (χ2v) is 10.5. The zero-order valence-electron chi connectivity index (χ0n) is 16.8. The van der Waals surface area contributed by atoms with Crippen LogP contribution in [0.4, 0.5) is 15.6 Å². The molecule has 8 heteroatoms. The molecule has 3 amide bonds. The summed E-state index contributed by atoms with van der Waals surface area (Å²) in [6, 6.07) is 7.03. The molecular formula is C22H25N5O2S. The fourth-order valence-electron chi connectivity index (χ4n) is 6.56. The van der Waals surface area contributed by atoms with Crippen LogP contribution in [0.1, 0.15) is 53.9 Å². The molecule has 2 heterocycles. The van der Waals surface area contributed by atoms with Crippen LogP contribution in [0.2, 0.25) is 0 Å². The molecule has 5 aliphatic rings. The third-order valence-electron chi connectivity index (χ3n) is 7.41. The van der Waals surface area contributed by atoms with Crippen molar-refractivity contribution >= 4 is 34.1 Å². The Hall–Kier alpha value is -2.48. The van der Waals surface area contributed by atoms with E-state index in [1.807, 2.05) is 6.07 Å². The van der Waals surface area contributed by atoms with Gasteiger partial charge in [0, 0.05) is 29.8 Å². The smallest absolute Gasteiger partial charge is 0.321 e. The van der Waals surface area contributed by atoms with Crippen LogP contribution < -0.4 is 15.5 Å². The van der Waals surface area contributed by atoms with Crippen molar-refractivity contribution in [2.24, 2.45) is 17.8 Å². The molecule has 1 aromatic heterocycles. The summed E-state index contributed by atoms with van der Waals surface area (Å²) in [5, 5.41) is 16.2. The fraction of sp³-hybridized carbons (Fsp3) is 0.545. The molecule has 1 aromatic carbocycles. The van der Waals surface area contributed by atoms with E-state index in [4.69, 9.17) is 0 Å². The van der Waals surface area contributed by atoms with E-state index in [1.165, 1.54) is 38.5 Å². The van der Waals surface area contributed by atoms with Gasteiger partial charge in [0.2, 0.25) is 5.13 Å². The highest BCUT2D eigenvalue weighted by atomic mass is 32.1. The van der Waals surface area contributed by atoms with Crippen LogP contribution in [-0.2, 0) is 5.41 Å². The second kappa shape index (κ2) is 6.77. The minimum atomic E-state index is -0.218. The van der Waals surface area contributed by atoms with E-state index in [1.54, 1.807) is 34.4 Å². The average Bonchev–Trinajstić information content (AvgIpc) is 3.36. The van der Waals surface area contributed by atoms with Crippen LogP contribution in [-0.4, -0.2) is 35.2 Å². The number of carbonyl (C=O) groups excluding carboxylic acids is 2. The molecule has 30 heavy (non-hydrogen) atoms. The van der Waals surface area contributed by atoms with Gasteiger partial charge >= 0.3 is 6.03 Å². The topological polar surface area (TPSA) is 87.2 Å². The standard InChI is InChI=1S/C22H25N5O2S/c28-18(16-2-1-3-17(9-16)27-5-4-23-21(27)29)24-20-26-25-19(30-20)22-10-13-6-14(11-22)8-15(7-13)12-22/h1-3,9,13-15H,4-8,10-12H2,(H,23,29)(H,24,26,28). The SMILES string of the molecule is O=C(Nc1nnc(C23CC4CC(CC(C4)C2)C3)s1)c1cccc(N2CCNC2=O)c1. The molecule has 0 radical (unpaired) electrons. The quantitative estimate of drug-likeness (QED) is 0.783. The minimum Gasteiger partial charge on any atom is -0.336 e. The minimum absolute atomic E-state index is 0.128. The molecule has 7 nitrogen and oxygen atoms in total. The lowest BCUT2D eigenvalue weighted by Gasteiger charge is -2.55. The van der Waals surface area contributed by atoms with Crippen molar-refractivity contribution in [2.75, 3.05) is 23.3 Å². The van der Waals surface area contributed by atoms with E-state index in [0.717, 1.165) is 28.4 Å². The maximum atomic E-state index is 12.8. The fourth-order valence-corrected chi connectivity index (χ4v) is 7.52. The van der Waals surface area contributed by atoms with E-state index in [2.05, 4.69) is 20.8 Å². The lowest BCUT2D eigenvalue weighted by molar-refractivity contribution is -0.00555. The molecule has 4 saturated carbocycles. The number of hydrogen-bond acceptors (Lipinski definition) is 5. The first-order chi connectivity index (χ1) is 14.6. The van der Waals surface area contributed by atoms with Gasteiger partial charge < -0.3 is 5.32 Å². The number of rotatable bonds is 4. The van der Waals surface area contributed by atoms with E-state index in [0.29, 0.717) is 23.8 Å². The number of amides is 3. The first kappa shape index (κ1) is 18.3. The summed E-state index contributed by atoms with van der Waals surface area (Å²) >= 11 is 1.55. The van der Waals surface area contributed by atoms with E-state index >= 15 is 0 Å². The first-order valence-electron chi connectivity index (χ1n) is 10.9. The molecule has 0 spiro atoms. The molecule has 2 N–H and O–H groups in total. The number of anilines is 2. The summed E-state index contributed by atoms with van der Waals surface area (Å²) in [4.78, 5) is 26.4. The van der Waals surface area contributed by atoms with Crippen molar-refractivity contribution in [3.8, 4) is 0 Å². The van der Waals surface area contributed by atoms with Crippen molar-refractivity contribution in [1.82, 2.24) is 15.5 Å². The lowest BCUT2D eigenvalue weighted by atomic mass is 9.50. The Morgan fingerprint density at radius 3 is 2.53 bits per heavy atom. The Kier molecular flexibility index (Phi) is 4.13. The highest BCUT2D eigenvalue weighted by Crippen LogP contribution is 2.61. The van der Waals surface area contributed by atoms with Crippen molar-refractivity contribution in [3.05, 3.63) is 34.8 Å². The Morgan fingerprint density at radius 1 is 1.13 bits per heavy atom. The molecule has 4 aliphatic carbocycles. The van der Waals surface area contributed by atoms with Gasteiger partial charge in [0.15, 0.2) is 0 Å². The van der Waals surface area contributed by atoms with Crippen molar-refractivity contribution in [2.45, 2.75) is 43.9 Å². The van der Waals surface area contributed by atoms with Crippen LogP contribution >= 0.6 is 11.3 Å². The summed E-state index contributed by atoms with van der Waals surface area (Å²) in [7, 11) is 0. The van der Waals surface area contributed by atoms with Crippen LogP contribution in [0.5, 0.6) is 0 Å². The van der Waals surface area contributed by atoms with E-state index in [-0.39, 0.29) is 17.4 Å². The van der Waals surface area contributed by atoms with Crippen LogP contribution in [0.3, 0.4) is 0 Å². The normalized spacial score (nSPS) is 31.8. The van der Waals surface area contributed by atoms with Gasteiger partial charge in [0.1, 0.15) is 5.01 Å². The third-order valence-corrected chi connectivity index (χ3v) is 8.50. The molecular weight excluding hydrogens is 398 g/mol. The lowest BCUT2D eigenvalue weighted by Crippen LogP contribution is -2.48. The number of nitrogens with one attached hydrogen (secondary N) is 2. The molecule has 156 valence electrons. The van der Waals surface area contributed by atoms with Crippen LogP contribution in [0.25, 0.3) is 0 Å². The number of benzene rings is 1. The van der Waals surface area contributed by atoms with Gasteiger partial charge in [-0.2, -0.15) is 0 Å². The monoisotopic (exact) mass is 423 g/mol. The predicted molar refractivity (Wildman–Crippen MR) is 115 cm³/mol. The second-order valence-electron chi connectivity index (χ2n) is 9.50. The average molecular weight is 424 g/mol. The molecule has 0 unspecified atom stereocenters. The van der Waals surface area contributed by atoms with Gasteiger partial charge in [-0.3, -0.25) is 15.0 Å². The maximum Gasteiger partial charge on any atom is 0.321 e. The van der Waals surface area contributed by atoms with Gasteiger partial charge in [-0.05, 0) is 74.5 Å². The molecule has 0 atom stereocenters. The van der Waals surface area contributed by atoms with Gasteiger partial charge in [-0.1, -0.05) is 17.4 Å². The van der Waals surface area contributed by atoms with Gasteiger partial charge in [-0.15, -0.1) is 10.2 Å². The Bertz CT molecular complexity index is 983. The summed E-state index contributed by atoms with van der Waals surface area (Å²) in [6.07, 6.45) is 7.90. The highest BCUT2D eigenvalue weighted by molar-refractivity contribution is 7.15. The predicted octanol–water partition coefficient (Wildman–Crippen LogP) is 3.79. The Morgan fingerprint density at radius 2 is 1.87 bits per heavy atom. The number of urea groups is 1. The maximum absolute atomic E-state index is 12.8.